The third kappa shape index (κ3) is 5.00. The number of benzene rings is 2. The summed E-state index contributed by atoms with van der Waals surface area (Å²) < 4.78 is 8.11. The van der Waals surface area contributed by atoms with Crippen LogP contribution < -0.4 is 4.74 Å². The summed E-state index contributed by atoms with van der Waals surface area (Å²) in [5.41, 5.74) is 4.23. The Morgan fingerprint density at radius 2 is 1.92 bits per heavy atom. The lowest BCUT2D eigenvalue weighted by molar-refractivity contribution is -0.114. The summed E-state index contributed by atoms with van der Waals surface area (Å²) in [4.78, 5) is 21.4. The molecular weight excluding hydrogens is 508 g/mol. The number of hydrazone groups is 1. The van der Waals surface area contributed by atoms with Crippen LogP contribution >= 0.6 is 11.8 Å². The number of thioether (sulfide) groups is 1. The number of carbonyl (C=O) groups is 1. The van der Waals surface area contributed by atoms with Crippen LogP contribution in [-0.2, 0) is 17.8 Å². The quantitative estimate of drug-likeness (QED) is 0.230. The Labute approximate surface area is 230 Å². The summed E-state index contributed by atoms with van der Waals surface area (Å²) in [6, 6.07) is 20.0. The number of carbonyl (C=O) groups excluding carboxylic acids is 1. The van der Waals surface area contributed by atoms with Crippen LogP contribution in [0.1, 0.15) is 30.0 Å². The molecule has 0 atom stereocenters. The van der Waals surface area contributed by atoms with Crippen molar-refractivity contribution in [2.45, 2.75) is 26.3 Å². The molecule has 2 aliphatic heterocycles. The Hall–Kier alpha value is -4.50. The first-order chi connectivity index (χ1) is 19.1. The molecule has 6 rings (SSSR count). The van der Waals surface area contributed by atoms with Crippen LogP contribution in [0, 0.1) is 5.41 Å². The highest BCUT2D eigenvalue weighted by Gasteiger charge is 2.36. The zero-order valence-electron chi connectivity index (χ0n) is 21.4. The number of fused-ring (bicyclic) bond motifs is 2. The van der Waals surface area contributed by atoms with Gasteiger partial charge in [0.05, 0.1) is 12.2 Å². The normalized spacial score (nSPS) is 16.0. The molecule has 1 amide bonds. The second kappa shape index (κ2) is 10.7. The van der Waals surface area contributed by atoms with Gasteiger partial charge in [-0.1, -0.05) is 37.3 Å². The number of ether oxygens (including phenoxy) is 1. The molecule has 1 N–H and O–H groups in total. The van der Waals surface area contributed by atoms with E-state index in [2.05, 4.69) is 44.8 Å². The highest BCUT2D eigenvalue weighted by atomic mass is 32.2. The molecule has 2 aromatic heterocycles. The van der Waals surface area contributed by atoms with Crippen molar-refractivity contribution in [1.29, 1.82) is 5.41 Å². The van der Waals surface area contributed by atoms with Gasteiger partial charge in [0.15, 0.2) is 5.84 Å². The van der Waals surface area contributed by atoms with Crippen molar-refractivity contribution in [3.05, 3.63) is 102 Å². The molecule has 0 aliphatic carbocycles. The minimum Gasteiger partial charge on any atom is -0.494 e. The second-order valence-electron chi connectivity index (χ2n) is 9.16. The molecule has 4 heterocycles. The second-order valence-corrected chi connectivity index (χ2v) is 10.1. The van der Waals surface area contributed by atoms with Gasteiger partial charge in [-0.2, -0.15) is 15.1 Å². The number of para-hydroxylation sites is 1. The van der Waals surface area contributed by atoms with Crippen molar-refractivity contribution < 1.29 is 9.53 Å². The molecule has 9 heteroatoms. The number of nitrogens with zero attached hydrogens (tertiary/aromatic N) is 5. The Morgan fingerprint density at radius 3 is 2.72 bits per heavy atom. The molecule has 0 saturated heterocycles. The minimum atomic E-state index is -0.444. The van der Waals surface area contributed by atoms with Crippen LogP contribution in [-0.4, -0.2) is 43.1 Å². The first kappa shape index (κ1) is 24.8. The van der Waals surface area contributed by atoms with Gasteiger partial charge in [-0.15, -0.1) is 0 Å². The highest BCUT2D eigenvalue weighted by Crippen LogP contribution is 2.32. The van der Waals surface area contributed by atoms with Gasteiger partial charge in [0, 0.05) is 47.2 Å². The molecule has 2 aliphatic rings. The van der Waals surface area contributed by atoms with Gasteiger partial charge in [-0.05, 0) is 66.6 Å². The zero-order valence-corrected chi connectivity index (χ0v) is 22.2. The molecule has 4 aromatic rings. The van der Waals surface area contributed by atoms with E-state index in [4.69, 9.17) is 10.1 Å². The first-order valence-corrected chi connectivity index (χ1v) is 13.6. The van der Waals surface area contributed by atoms with Crippen LogP contribution in [0.5, 0.6) is 5.75 Å². The topological polar surface area (TPSA) is 95.9 Å². The van der Waals surface area contributed by atoms with Crippen LogP contribution in [0.25, 0.3) is 17.0 Å². The van der Waals surface area contributed by atoms with Crippen molar-refractivity contribution in [1.82, 2.24) is 14.6 Å². The predicted molar refractivity (Wildman–Crippen MR) is 156 cm³/mol. The monoisotopic (exact) mass is 534 g/mol. The molecule has 0 spiro atoms. The lowest BCUT2D eigenvalue weighted by Gasteiger charge is -2.20. The van der Waals surface area contributed by atoms with E-state index in [9.17, 15) is 4.79 Å². The smallest absolute Gasteiger partial charge is 0.283 e. The number of pyridine rings is 1. The molecule has 0 radical (unpaired) electrons. The van der Waals surface area contributed by atoms with E-state index in [1.54, 1.807) is 18.5 Å². The van der Waals surface area contributed by atoms with Crippen molar-refractivity contribution >= 4 is 50.7 Å². The average Bonchev–Trinajstić information content (AvgIpc) is 3.56. The number of amidine groups is 2. The molecule has 0 unspecified atom stereocenters. The molecule has 39 heavy (non-hydrogen) atoms. The van der Waals surface area contributed by atoms with Crippen LogP contribution in [0.3, 0.4) is 0 Å². The van der Waals surface area contributed by atoms with Gasteiger partial charge in [0.2, 0.25) is 5.17 Å². The molecular formula is C30H26N6O2S. The van der Waals surface area contributed by atoms with Crippen molar-refractivity contribution in [2.75, 3.05) is 6.61 Å². The maximum Gasteiger partial charge on any atom is 0.283 e. The SMILES string of the molecule is CCc1ccc(OCCCn2cc(/C=C3/C(=N)N4N=C(c5cccnc5)SC4=NC3=O)c3ccccc32)cc1. The third-order valence-corrected chi connectivity index (χ3v) is 7.58. The Balaban J connectivity index is 1.21. The largest absolute Gasteiger partial charge is 0.494 e. The number of amides is 1. The zero-order chi connectivity index (χ0) is 26.8. The van der Waals surface area contributed by atoms with Gasteiger partial charge >= 0.3 is 0 Å². The van der Waals surface area contributed by atoms with Gasteiger partial charge in [0.1, 0.15) is 10.8 Å². The number of aryl methyl sites for hydroxylation is 2. The van der Waals surface area contributed by atoms with Crippen molar-refractivity contribution in [2.24, 2.45) is 10.1 Å². The van der Waals surface area contributed by atoms with E-state index >= 15 is 0 Å². The van der Waals surface area contributed by atoms with Crippen molar-refractivity contribution in [3.8, 4) is 5.75 Å². The Kier molecular flexibility index (Phi) is 6.81. The van der Waals surface area contributed by atoms with E-state index in [1.165, 1.54) is 22.3 Å². The van der Waals surface area contributed by atoms with E-state index in [0.29, 0.717) is 16.8 Å². The summed E-state index contributed by atoms with van der Waals surface area (Å²) in [6.07, 6.45) is 9.00. The number of aliphatic imine (C=N–C) groups is 1. The lowest BCUT2D eigenvalue weighted by Crippen LogP contribution is -2.35. The standard InChI is InChI=1S/C30H26N6O2S/c1-2-20-10-12-23(13-11-20)38-16-6-15-35-19-22(24-8-3-4-9-26(24)35)17-25-27(31)36-30(33-28(25)37)39-29(34-36)21-7-5-14-32-18-21/h3-5,7-14,17-19,31H,2,6,15-16H2,1H3/b25-17-,31-27?. The molecule has 0 fully saturated rings. The minimum absolute atomic E-state index is 0.00992. The fourth-order valence-corrected chi connectivity index (χ4v) is 5.46. The fourth-order valence-electron chi connectivity index (χ4n) is 4.58. The Morgan fingerprint density at radius 1 is 1.08 bits per heavy atom. The summed E-state index contributed by atoms with van der Waals surface area (Å²) in [5, 5.41) is 16.8. The molecule has 0 bridgehead atoms. The van der Waals surface area contributed by atoms with Gasteiger partial charge in [-0.25, -0.2) is 0 Å². The van der Waals surface area contributed by atoms with Crippen molar-refractivity contribution in [3.63, 3.8) is 0 Å². The van der Waals surface area contributed by atoms with Gasteiger partial charge < -0.3 is 9.30 Å². The number of hydrogen-bond donors (Lipinski definition) is 1. The number of nitrogens with one attached hydrogen (secondary N) is 1. The molecule has 194 valence electrons. The molecule has 8 nitrogen and oxygen atoms in total. The average molecular weight is 535 g/mol. The highest BCUT2D eigenvalue weighted by molar-refractivity contribution is 8.27. The Bertz CT molecular complexity index is 1650. The fraction of sp³-hybridized carbons (Fsp3) is 0.167. The van der Waals surface area contributed by atoms with Crippen LogP contribution in [0.4, 0.5) is 0 Å². The predicted octanol–water partition coefficient (Wildman–Crippen LogP) is 5.74. The number of hydrogen-bond acceptors (Lipinski definition) is 6. The summed E-state index contributed by atoms with van der Waals surface area (Å²) in [5.74, 6) is 0.440. The number of rotatable bonds is 8. The van der Waals surface area contributed by atoms with E-state index in [-0.39, 0.29) is 11.4 Å². The molecule has 0 saturated carbocycles. The first-order valence-electron chi connectivity index (χ1n) is 12.8. The summed E-state index contributed by atoms with van der Waals surface area (Å²) in [6.45, 7) is 3.49. The summed E-state index contributed by atoms with van der Waals surface area (Å²) >= 11 is 1.26. The molecule has 2 aromatic carbocycles. The summed E-state index contributed by atoms with van der Waals surface area (Å²) in [7, 11) is 0. The lowest BCUT2D eigenvalue weighted by atomic mass is 10.1. The third-order valence-electron chi connectivity index (χ3n) is 6.63. The van der Waals surface area contributed by atoms with E-state index in [0.717, 1.165) is 47.2 Å². The van der Waals surface area contributed by atoms with Crippen LogP contribution in [0.15, 0.2) is 94.9 Å². The maximum absolute atomic E-state index is 13.0. The van der Waals surface area contributed by atoms with Gasteiger partial charge in [0.25, 0.3) is 5.91 Å². The van der Waals surface area contributed by atoms with Crippen LogP contribution in [0.2, 0.25) is 0 Å². The maximum atomic E-state index is 13.0. The van der Waals surface area contributed by atoms with E-state index in [1.807, 2.05) is 48.7 Å². The van der Waals surface area contributed by atoms with Gasteiger partial charge in [-0.3, -0.25) is 15.2 Å². The number of aromatic nitrogens is 2. The van der Waals surface area contributed by atoms with E-state index < -0.39 is 5.91 Å².